The lowest BCUT2D eigenvalue weighted by atomic mass is 10.1. The third-order valence-corrected chi connectivity index (χ3v) is 4.18. The molecule has 0 amide bonds. The van der Waals surface area contributed by atoms with Crippen molar-refractivity contribution in [3.63, 3.8) is 0 Å². The minimum Gasteiger partial charge on any atom is -0.494 e. The molecule has 2 rings (SSSR count). The second-order valence-corrected chi connectivity index (χ2v) is 6.00. The first-order valence-corrected chi connectivity index (χ1v) is 8.48. The summed E-state index contributed by atoms with van der Waals surface area (Å²) >= 11 is 0. The zero-order chi connectivity index (χ0) is 14.9. The summed E-state index contributed by atoms with van der Waals surface area (Å²) in [7, 11) is 0. The number of nitrogens with one attached hydrogen (secondary N) is 1. The van der Waals surface area contributed by atoms with Gasteiger partial charge in [0.25, 0.3) is 0 Å². The molecule has 1 heterocycles. The van der Waals surface area contributed by atoms with Crippen LogP contribution in [0.4, 0.5) is 0 Å². The molecule has 0 spiro atoms. The summed E-state index contributed by atoms with van der Waals surface area (Å²) in [5, 5.41) is 3.63. The SMILES string of the molecule is CCCOc1ccc(C(C)NCCN2CCCCC2)cc1. The normalized spacial score (nSPS) is 17.6. The summed E-state index contributed by atoms with van der Waals surface area (Å²) in [5.41, 5.74) is 1.33. The van der Waals surface area contributed by atoms with Crippen LogP contribution in [0.2, 0.25) is 0 Å². The summed E-state index contributed by atoms with van der Waals surface area (Å²) in [6, 6.07) is 8.89. The highest BCUT2D eigenvalue weighted by Gasteiger charge is 2.10. The summed E-state index contributed by atoms with van der Waals surface area (Å²) in [4.78, 5) is 2.57. The van der Waals surface area contributed by atoms with Crippen molar-refractivity contribution in [2.24, 2.45) is 0 Å². The molecular formula is C18H30N2O. The fraction of sp³-hybridized carbons (Fsp3) is 0.667. The van der Waals surface area contributed by atoms with Gasteiger partial charge < -0.3 is 15.0 Å². The Morgan fingerprint density at radius 1 is 1.14 bits per heavy atom. The van der Waals surface area contributed by atoms with Crippen molar-refractivity contribution in [1.82, 2.24) is 10.2 Å². The Kier molecular flexibility index (Phi) is 7.04. The molecule has 0 bridgehead atoms. The highest BCUT2D eigenvalue weighted by molar-refractivity contribution is 5.28. The molecule has 1 atom stereocenters. The lowest BCUT2D eigenvalue weighted by Gasteiger charge is -2.27. The smallest absolute Gasteiger partial charge is 0.119 e. The van der Waals surface area contributed by atoms with Gasteiger partial charge in [0.05, 0.1) is 6.61 Å². The fourth-order valence-electron chi connectivity index (χ4n) is 2.81. The van der Waals surface area contributed by atoms with E-state index in [0.717, 1.165) is 25.3 Å². The zero-order valence-electron chi connectivity index (χ0n) is 13.6. The van der Waals surface area contributed by atoms with Gasteiger partial charge in [-0.3, -0.25) is 0 Å². The van der Waals surface area contributed by atoms with Gasteiger partial charge in [0.1, 0.15) is 5.75 Å². The summed E-state index contributed by atoms with van der Waals surface area (Å²) < 4.78 is 5.62. The predicted octanol–water partition coefficient (Wildman–Crippen LogP) is 3.61. The number of ether oxygens (including phenoxy) is 1. The molecule has 21 heavy (non-hydrogen) atoms. The molecule has 3 nitrogen and oxygen atoms in total. The average molecular weight is 290 g/mol. The van der Waals surface area contributed by atoms with Gasteiger partial charge >= 0.3 is 0 Å². The molecular weight excluding hydrogens is 260 g/mol. The molecule has 0 aliphatic carbocycles. The quantitative estimate of drug-likeness (QED) is 0.791. The van der Waals surface area contributed by atoms with Crippen LogP contribution in [0, 0.1) is 0 Å². The molecule has 0 aromatic heterocycles. The van der Waals surface area contributed by atoms with Gasteiger partial charge in [-0.1, -0.05) is 25.5 Å². The van der Waals surface area contributed by atoms with Crippen LogP contribution in [0.1, 0.15) is 51.1 Å². The van der Waals surface area contributed by atoms with Crippen molar-refractivity contribution in [2.75, 3.05) is 32.8 Å². The lowest BCUT2D eigenvalue weighted by molar-refractivity contribution is 0.227. The first kappa shape index (κ1) is 16.3. The third-order valence-electron chi connectivity index (χ3n) is 4.18. The number of hydrogen-bond donors (Lipinski definition) is 1. The summed E-state index contributed by atoms with van der Waals surface area (Å²) in [5.74, 6) is 0.973. The standard InChI is InChI=1S/C18H30N2O/c1-3-15-21-18-9-7-17(8-10-18)16(2)19-11-14-20-12-5-4-6-13-20/h7-10,16,19H,3-6,11-15H2,1-2H3. The minimum atomic E-state index is 0.398. The fourth-order valence-corrected chi connectivity index (χ4v) is 2.81. The van der Waals surface area contributed by atoms with E-state index < -0.39 is 0 Å². The molecule has 1 saturated heterocycles. The molecule has 1 aromatic rings. The van der Waals surface area contributed by atoms with Gasteiger partial charge in [0.2, 0.25) is 0 Å². The first-order valence-electron chi connectivity index (χ1n) is 8.48. The third kappa shape index (κ3) is 5.68. The predicted molar refractivity (Wildman–Crippen MR) is 88.9 cm³/mol. The highest BCUT2D eigenvalue weighted by Crippen LogP contribution is 2.17. The molecule has 1 aliphatic heterocycles. The molecule has 1 fully saturated rings. The molecule has 0 radical (unpaired) electrons. The van der Waals surface area contributed by atoms with E-state index in [1.165, 1.54) is 44.5 Å². The molecule has 1 N–H and O–H groups in total. The van der Waals surface area contributed by atoms with E-state index in [9.17, 15) is 0 Å². The van der Waals surface area contributed by atoms with Crippen LogP contribution in [-0.2, 0) is 0 Å². The van der Waals surface area contributed by atoms with Crippen LogP contribution < -0.4 is 10.1 Å². The highest BCUT2D eigenvalue weighted by atomic mass is 16.5. The Hall–Kier alpha value is -1.06. The maximum absolute atomic E-state index is 5.62. The number of benzene rings is 1. The van der Waals surface area contributed by atoms with E-state index in [1.54, 1.807) is 0 Å². The van der Waals surface area contributed by atoms with Crippen LogP contribution in [-0.4, -0.2) is 37.7 Å². The number of rotatable bonds is 8. The van der Waals surface area contributed by atoms with Crippen LogP contribution in [0.3, 0.4) is 0 Å². The number of hydrogen-bond acceptors (Lipinski definition) is 3. The second kappa shape index (κ2) is 9.06. The molecule has 1 unspecified atom stereocenters. The van der Waals surface area contributed by atoms with Crippen LogP contribution in [0.25, 0.3) is 0 Å². The van der Waals surface area contributed by atoms with E-state index in [1.807, 2.05) is 0 Å². The zero-order valence-corrected chi connectivity index (χ0v) is 13.6. The summed E-state index contributed by atoms with van der Waals surface area (Å²) in [6.07, 6.45) is 5.20. The Bertz CT molecular complexity index is 385. The van der Waals surface area contributed by atoms with E-state index in [4.69, 9.17) is 4.74 Å². The van der Waals surface area contributed by atoms with Gasteiger partial charge in [-0.15, -0.1) is 0 Å². The Morgan fingerprint density at radius 3 is 2.52 bits per heavy atom. The van der Waals surface area contributed by atoms with E-state index in [-0.39, 0.29) is 0 Å². The van der Waals surface area contributed by atoms with Gasteiger partial charge in [-0.2, -0.15) is 0 Å². The maximum atomic E-state index is 5.62. The van der Waals surface area contributed by atoms with E-state index >= 15 is 0 Å². The van der Waals surface area contributed by atoms with Gasteiger partial charge in [0, 0.05) is 19.1 Å². The Morgan fingerprint density at radius 2 is 1.86 bits per heavy atom. The van der Waals surface area contributed by atoms with E-state index in [0.29, 0.717) is 6.04 Å². The van der Waals surface area contributed by atoms with E-state index in [2.05, 4.69) is 48.3 Å². The van der Waals surface area contributed by atoms with Crippen LogP contribution in [0.15, 0.2) is 24.3 Å². The second-order valence-electron chi connectivity index (χ2n) is 6.00. The number of piperidine rings is 1. The lowest BCUT2D eigenvalue weighted by Crippen LogP contribution is -2.36. The van der Waals surface area contributed by atoms with Crippen LogP contribution >= 0.6 is 0 Å². The Labute approximate surface area is 129 Å². The monoisotopic (exact) mass is 290 g/mol. The van der Waals surface area contributed by atoms with Crippen molar-refractivity contribution < 1.29 is 4.74 Å². The first-order chi connectivity index (χ1) is 10.3. The van der Waals surface area contributed by atoms with Crippen molar-refractivity contribution in [3.05, 3.63) is 29.8 Å². The summed E-state index contributed by atoms with van der Waals surface area (Å²) in [6.45, 7) is 9.94. The van der Waals surface area contributed by atoms with Crippen molar-refractivity contribution in [1.29, 1.82) is 0 Å². The van der Waals surface area contributed by atoms with Crippen molar-refractivity contribution in [2.45, 2.75) is 45.6 Å². The maximum Gasteiger partial charge on any atom is 0.119 e. The molecule has 1 aromatic carbocycles. The van der Waals surface area contributed by atoms with Crippen LogP contribution in [0.5, 0.6) is 5.75 Å². The van der Waals surface area contributed by atoms with Gasteiger partial charge in [-0.05, 0) is 57.0 Å². The molecule has 3 heteroatoms. The van der Waals surface area contributed by atoms with Gasteiger partial charge in [-0.25, -0.2) is 0 Å². The molecule has 0 saturated carbocycles. The average Bonchev–Trinajstić information content (AvgIpc) is 2.54. The topological polar surface area (TPSA) is 24.5 Å². The number of nitrogens with zero attached hydrogens (tertiary/aromatic N) is 1. The minimum absolute atomic E-state index is 0.398. The Balaban J connectivity index is 1.70. The molecule has 1 aliphatic rings. The molecule has 118 valence electrons. The van der Waals surface area contributed by atoms with Crippen molar-refractivity contribution in [3.8, 4) is 5.75 Å². The number of likely N-dealkylation sites (tertiary alicyclic amines) is 1. The van der Waals surface area contributed by atoms with Crippen molar-refractivity contribution >= 4 is 0 Å². The largest absolute Gasteiger partial charge is 0.494 e. The van der Waals surface area contributed by atoms with Gasteiger partial charge in [0.15, 0.2) is 0 Å².